The molecule has 80 valence electrons. The highest BCUT2D eigenvalue weighted by atomic mass is 32.1. The zero-order valence-corrected chi connectivity index (χ0v) is 9.39. The smallest absolute Gasteiger partial charge is 0.0443 e. The van der Waals surface area contributed by atoms with Crippen LogP contribution in [-0.4, -0.2) is 18.3 Å². The van der Waals surface area contributed by atoms with Crippen LogP contribution in [0.2, 0.25) is 0 Å². The number of thiophene rings is 1. The number of benzene rings is 1. The van der Waals surface area contributed by atoms with Gasteiger partial charge in [0.1, 0.15) is 0 Å². The highest BCUT2D eigenvalue weighted by molar-refractivity contribution is 7.17. The molecule has 0 aliphatic carbocycles. The van der Waals surface area contributed by atoms with E-state index in [1.165, 1.54) is 15.6 Å². The van der Waals surface area contributed by atoms with Crippen molar-refractivity contribution < 1.29 is 5.11 Å². The van der Waals surface area contributed by atoms with Crippen molar-refractivity contribution >= 4 is 21.4 Å². The van der Waals surface area contributed by atoms with Crippen LogP contribution in [0.4, 0.5) is 0 Å². The maximum Gasteiger partial charge on any atom is 0.0443 e. The van der Waals surface area contributed by atoms with Gasteiger partial charge in [-0.2, -0.15) is 0 Å². The Bertz CT molecular complexity index is 424. The van der Waals surface area contributed by atoms with E-state index in [9.17, 15) is 0 Å². The summed E-state index contributed by atoms with van der Waals surface area (Å²) in [5.41, 5.74) is 1.30. The molecule has 3 heteroatoms. The first-order chi connectivity index (χ1) is 7.40. The Morgan fingerprint density at radius 1 is 1.27 bits per heavy atom. The molecular weight excluding hydrogens is 206 g/mol. The zero-order chi connectivity index (χ0) is 10.5. The summed E-state index contributed by atoms with van der Waals surface area (Å²) in [5, 5.41) is 15.4. The molecule has 0 aliphatic heterocycles. The highest BCUT2D eigenvalue weighted by Crippen LogP contribution is 2.21. The van der Waals surface area contributed by atoms with Gasteiger partial charge in [-0.3, -0.25) is 0 Å². The molecule has 1 aromatic heterocycles. The summed E-state index contributed by atoms with van der Waals surface area (Å²) < 4.78 is 1.34. The number of aliphatic hydroxyl groups is 1. The predicted octanol–water partition coefficient (Wildman–Crippen LogP) is 2.37. The van der Waals surface area contributed by atoms with E-state index in [-0.39, 0.29) is 6.61 Å². The Hall–Kier alpha value is -0.900. The largest absolute Gasteiger partial charge is 0.396 e. The molecule has 0 atom stereocenters. The molecule has 0 saturated heterocycles. The van der Waals surface area contributed by atoms with Crippen molar-refractivity contribution in [3.63, 3.8) is 0 Å². The Morgan fingerprint density at radius 3 is 3.07 bits per heavy atom. The van der Waals surface area contributed by atoms with Crippen LogP contribution in [0, 0.1) is 0 Å². The van der Waals surface area contributed by atoms with Gasteiger partial charge in [0.05, 0.1) is 0 Å². The normalized spacial score (nSPS) is 11.0. The Labute approximate surface area is 93.6 Å². The SMILES string of the molecule is OCCCNCc1ccc2sccc2c1. The molecule has 0 amide bonds. The van der Waals surface area contributed by atoms with E-state index in [4.69, 9.17) is 5.11 Å². The summed E-state index contributed by atoms with van der Waals surface area (Å²) in [4.78, 5) is 0. The van der Waals surface area contributed by atoms with Gasteiger partial charge in [0.2, 0.25) is 0 Å². The molecule has 2 aromatic rings. The molecule has 0 radical (unpaired) electrons. The van der Waals surface area contributed by atoms with Crippen LogP contribution in [0.5, 0.6) is 0 Å². The maximum atomic E-state index is 8.64. The van der Waals surface area contributed by atoms with Gasteiger partial charge in [0, 0.05) is 17.9 Å². The molecule has 2 rings (SSSR count). The molecule has 0 aliphatic rings. The number of fused-ring (bicyclic) bond motifs is 1. The number of nitrogens with one attached hydrogen (secondary N) is 1. The molecular formula is C12H15NOS. The third kappa shape index (κ3) is 2.78. The Balaban J connectivity index is 1.96. The van der Waals surface area contributed by atoms with E-state index >= 15 is 0 Å². The molecule has 0 unspecified atom stereocenters. The minimum Gasteiger partial charge on any atom is -0.396 e. The lowest BCUT2D eigenvalue weighted by atomic mass is 10.1. The predicted molar refractivity (Wildman–Crippen MR) is 65.2 cm³/mol. The standard InChI is InChI=1S/C12H15NOS/c14-6-1-5-13-9-10-2-3-12-11(8-10)4-7-15-12/h2-4,7-8,13-14H,1,5-6,9H2. The number of hydrogen-bond acceptors (Lipinski definition) is 3. The van der Waals surface area contributed by atoms with Crippen LogP contribution in [0.25, 0.3) is 10.1 Å². The molecule has 1 aromatic carbocycles. The van der Waals surface area contributed by atoms with Gasteiger partial charge in [0.25, 0.3) is 0 Å². The van der Waals surface area contributed by atoms with Gasteiger partial charge >= 0.3 is 0 Å². The molecule has 15 heavy (non-hydrogen) atoms. The first-order valence-electron chi connectivity index (χ1n) is 5.18. The number of rotatable bonds is 5. The lowest BCUT2D eigenvalue weighted by Gasteiger charge is -2.03. The fourth-order valence-corrected chi connectivity index (χ4v) is 2.33. The van der Waals surface area contributed by atoms with Gasteiger partial charge in [-0.15, -0.1) is 11.3 Å². The second kappa shape index (κ2) is 5.26. The van der Waals surface area contributed by atoms with E-state index in [1.54, 1.807) is 11.3 Å². The van der Waals surface area contributed by atoms with Gasteiger partial charge in [-0.05, 0) is 47.5 Å². The van der Waals surface area contributed by atoms with E-state index in [0.717, 1.165) is 19.5 Å². The van der Waals surface area contributed by atoms with Crippen LogP contribution < -0.4 is 5.32 Å². The minimum atomic E-state index is 0.260. The topological polar surface area (TPSA) is 32.3 Å². The molecule has 0 fully saturated rings. The van der Waals surface area contributed by atoms with E-state index in [1.807, 2.05) is 0 Å². The quantitative estimate of drug-likeness (QED) is 0.760. The third-order valence-electron chi connectivity index (χ3n) is 2.36. The molecule has 2 nitrogen and oxygen atoms in total. The third-order valence-corrected chi connectivity index (χ3v) is 3.26. The van der Waals surface area contributed by atoms with Crippen molar-refractivity contribution in [2.45, 2.75) is 13.0 Å². The average molecular weight is 221 g/mol. The fourth-order valence-electron chi connectivity index (χ4n) is 1.56. The van der Waals surface area contributed by atoms with Gasteiger partial charge < -0.3 is 10.4 Å². The summed E-state index contributed by atoms with van der Waals surface area (Å²) in [5.74, 6) is 0. The molecule has 0 bridgehead atoms. The maximum absolute atomic E-state index is 8.64. The fraction of sp³-hybridized carbons (Fsp3) is 0.333. The van der Waals surface area contributed by atoms with Gasteiger partial charge in [-0.1, -0.05) is 6.07 Å². The summed E-state index contributed by atoms with van der Waals surface area (Å²) in [6, 6.07) is 8.70. The van der Waals surface area contributed by atoms with Crippen molar-refractivity contribution in [3.8, 4) is 0 Å². The first kappa shape index (κ1) is 10.6. The summed E-state index contributed by atoms with van der Waals surface area (Å²) >= 11 is 1.77. The van der Waals surface area contributed by atoms with Crippen LogP contribution in [-0.2, 0) is 6.54 Å². The van der Waals surface area contributed by atoms with Crippen LogP contribution >= 0.6 is 11.3 Å². The van der Waals surface area contributed by atoms with E-state index < -0.39 is 0 Å². The van der Waals surface area contributed by atoms with Gasteiger partial charge in [0.15, 0.2) is 0 Å². The lowest BCUT2D eigenvalue weighted by molar-refractivity contribution is 0.286. The lowest BCUT2D eigenvalue weighted by Crippen LogP contribution is -2.15. The van der Waals surface area contributed by atoms with Crippen molar-refractivity contribution in [2.24, 2.45) is 0 Å². The molecule has 1 heterocycles. The first-order valence-corrected chi connectivity index (χ1v) is 6.06. The Kier molecular flexibility index (Phi) is 3.72. The number of hydrogen-bond donors (Lipinski definition) is 2. The van der Waals surface area contributed by atoms with Gasteiger partial charge in [-0.25, -0.2) is 0 Å². The van der Waals surface area contributed by atoms with Crippen LogP contribution in [0.1, 0.15) is 12.0 Å². The highest BCUT2D eigenvalue weighted by Gasteiger charge is 1.97. The number of aliphatic hydroxyl groups excluding tert-OH is 1. The van der Waals surface area contributed by atoms with Crippen molar-refractivity contribution in [1.82, 2.24) is 5.32 Å². The van der Waals surface area contributed by atoms with Crippen molar-refractivity contribution in [1.29, 1.82) is 0 Å². The van der Waals surface area contributed by atoms with E-state index in [0.29, 0.717) is 0 Å². The van der Waals surface area contributed by atoms with Crippen LogP contribution in [0.15, 0.2) is 29.6 Å². The zero-order valence-electron chi connectivity index (χ0n) is 8.57. The molecule has 0 saturated carbocycles. The second-order valence-corrected chi connectivity index (χ2v) is 4.49. The molecule has 0 spiro atoms. The second-order valence-electron chi connectivity index (χ2n) is 3.55. The summed E-state index contributed by atoms with van der Waals surface area (Å²) in [6.07, 6.45) is 0.820. The Morgan fingerprint density at radius 2 is 2.20 bits per heavy atom. The monoisotopic (exact) mass is 221 g/mol. The average Bonchev–Trinajstić information content (AvgIpc) is 2.71. The van der Waals surface area contributed by atoms with E-state index in [2.05, 4.69) is 35.0 Å². The summed E-state index contributed by atoms with van der Waals surface area (Å²) in [6.45, 7) is 2.01. The van der Waals surface area contributed by atoms with Crippen LogP contribution in [0.3, 0.4) is 0 Å². The summed E-state index contributed by atoms with van der Waals surface area (Å²) in [7, 11) is 0. The molecule has 2 N–H and O–H groups in total. The van der Waals surface area contributed by atoms with Crippen molar-refractivity contribution in [2.75, 3.05) is 13.2 Å². The van der Waals surface area contributed by atoms with Crippen molar-refractivity contribution in [3.05, 3.63) is 35.2 Å². The minimum absolute atomic E-state index is 0.260.